The van der Waals surface area contributed by atoms with E-state index in [2.05, 4.69) is 6.58 Å². The highest BCUT2D eigenvalue weighted by atomic mass is 32.2. The molecule has 0 spiro atoms. The van der Waals surface area contributed by atoms with E-state index in [1.165, 1.54) is 7.11 Å². The minimum absolute atomic E-state index is 0.393. The summed E-state index contributed by atoms with van der Waals surface area (Å²) in [6.45, 7) is 3.63. The molecule has 1 saturated carbocycles. The molecule has 1 fully saturated rings. The molecule has 0 N–H and O–H groups in total. The summed E-state index contributed by atoms with van der Waals surface area (Å²) in [7, 11) is -2.27. The van der Waals surface area contributed by atoms with Crippen molar-refractivity contribution in [2.75, 3.05) is 13.4 Å². The number of hydrogen-bond donors (Lipinski definition) is 0. The minimum atomic E-state index is -3.58. The Balaban J connectivity index is 2.99. The van der Waals surface area contributed by atoms with E-state index in [9.17, 15) is 13.2 Å². The molecule has 5 nitrogen and oxygen atoms in total. The molecule has 1 aliphatic rings. The van der Waals surface area contributed by atoms with Crippen LogP contribution in [-0.2, 0) is 23.8 Å². The number of rotatable bonds is 6. The lowest BCUT2D eigenvalue weighted by Gasteiger charge is -2.31. The number of carbonyl (C=O) groups excluding carboxylic acids is 1. The topological polar surface area (TPSA) is 69.7 Å². The third-order valence-electron chi connectivity index (χ3n) is 3.38. The molecule has 0 aromatic carbocycles. The molecule has 0 saturated heterocycles. The third kappa shape index (κ3) is 3.32. The molecule has 0 heterocycles. The van der Waals surface area contributed by atoms with E-state index < -0.39 is 27.6 Å². The fourth-order valence-electron chi connectivity index (χ4n) is 2.58. The van der Waals surface area contributed by atoms with Gasteiger partial charge in [0.25, 0.3) is 10.1 Å². The maximum Gasteiger partial charge on any atom is 0.314 e. The fraction of sp³-hybridized carbons (Fsp3) is 0.750. The number of hydrogen-bond acceptors (Lipinski definition) is 5. The van der Waals surface area contributed by atoms with Crippen LogP contribution in [0.5, 0.6) is 0 Å². The molecule has 0 amide bonds. The van der Waals surface area contributed by atoms with E-state index >= 15 is 0 Å². The smallest absolute Gasteiger partial charge is 0.314 e. The molecule has 1 aliphatic carbocycles. The zero-order valence-electron chi connectivity index (χ0n) is 10.8. The van der Waals surface area contributed by atoms with Gasteiger partial charge in [-0.15, -0.1) is 6.58 Å². The molecule has 104 valence electrons. The molecule has 0 unspecified atom stereocenters. The van der Waals surface area contributed by atoms with Gasteiger partial charge in [-0.3, -0.25) is 8.98 Å². The Bertz CT molecular complexity index is 414. The van der Waals surface area contributed by atoms with Crippen LogP contribution in [0.3, 0.4) is 0 Å². The van der Waals surface area contributed by atoms with Gasteiger partial charge in [0.1, 0.15) is 0 Å². The van der Waals surface area contributed by atoms with Gasteiger partial charge < -0.3 is 4.74 Å². The van der Waals surface area contributed by atoms with Crippen LogP contribution in [-0.4, -0.2) is 33.9 Å². The van der Waals surface area contributed by atoms with Gasteiger partial charge in [-0.25, -0.2) is 0 Å². The van der Waals surface area contributed by atoms with E-state index in [-0.39, 0.29) is 0 Å². The quantitative estimate of drug-likeness (QED) is 0.419. The fourth-order valence-corrected chi connectivity index (χ4v) is 3.28. The number of esters is 1. The van der Waals surface area contributed by atoms with Crippen molar-refractivity contribution in [3.8, 4) is 0 Å². The van der Waals surface area contributed by atoms with E-state index in [1.807, 2.05) is 0 Å². The molecule has 0 aliphatic heterocycles. The van der Waals surface area contributed by atoms with Crippen LogP contribution in [0.25, 0.3) is 0 Å². The lowest BCUT2D eigenvalue weighted by atomic mass is 9.79. The maximum atomic E-state index is 12.0. The van der Waals surface area contributed by atoms with Crippen molar-refractivity contribution in [1.29, 1.82) is 0 Å². The average molecular weight is 276 g/mol. The summed E-state index contributed by atoms with van der Waals surface area (Å²) < 4.78 is 32.4. The summed E-state index contributed by atoms with van der Waals surface area (Å²) in [6.07, 6.45) is 5.11. The van der Waals surface area contributed by atoms with Crippen molar-refractivity contribution < 1.29 is 22.1 Å². The van der Waals surface area contributed by atoms with Gasteiger partial charge in [0.15, 0.2) is 0 Å². The Kier molecular flexibility index (Phi) is 4.92. The second-order valence-corrected chi connectivity index (χ2v) is 6.26. The molecule has 1 rings (SSSR count). The van der Waals surface area contributed by atoms with Crippen molar-refractivity contribution in [3.63, 3.8) is 0 Å². The molecule has 0 bridgehead atoms. The summed E-state index contributed by atoms with van der Waals surface area (Å²) in [4.78, 5) is 12.0. The van der Waals surface area contributed by atoms with E-state index in [4.69, 9.17) is 8.92 Å². The standard InChI is InChI=1S/C12H20O5S/c1-4-5-8-12(11(13)16-2)9-6-7-10(12)17-18(3,14)15/h4,10H,1,5-9H2,2-3H3/t10-,12-/m1/s1. The summed E-state index contributed by atoms with van der Waals surface area (Å²) >= 11 is 0. The highest BCUT2D eigenvalue weighted by molar-refractivity contribution is 7.86. The lowest BCUT2D eigenvalue weighted by molar-refractivity contribution is -0.157. The zero-order chi connectivity index (χ0) is 13.8. The molecule has 0 aromatic rings. The summed E-state index contributed by atoms with van der Waals surface area (Å²) in [6, 6.07) is 0. The van der Waals surface area contributed by atoms with Crippen LogP contribution in [0, 0.1) is 5.41 Å². The first-order valence-corrected chi connectivity index (χ1v) is 7.75. The third-order valence-corrected chi connectivity index (χ3v) is 3.96. The second-order valence-electron chi connectivity index (χ2n) is 4.66. The average Bonchev–Trinajstić information content (AvgIpc) is 2.67. The molecule has 6 heteroatoms. The van der Waals surface area contributed by atoms with Gasteiger partial charge in [-0.2, -0.15) is 8.42 Å². The van der Waals surface area contributed by atoms with E-state index in [0.29, 0.717) is 25.7 Å². The molecular weight excluding hydrogens is 256 g/mol. The first kappa shape index (κ1) is 15.2. The number of methoxy groups -OCH3 is 1. The van der Waals surface area contributed by atoms with Crippen LogP contribution in [0.15, 0.2) is 12.7 Å². The van der Waals surface area contributed by atoms with E-state index in [0.717, 1.165) is 12.7 Å². The lowest BCUT2D eigenvalue weighted by Crippen LogP contribution is -2.41. The summed E-state index contributed by atoms with van der Waals surface area (Å²) in [5.74, 6) is -0.393. The molecule has 2 atom stereocenters. The summed E-state index contributed by atoms with van der Waals surface area (Å²) in [5.41, 5.74) is -0.855. The Hall–Kier alpha value is -0.880. The highest BCUT2D eigenvalue weighted by Gasteiger charge is 2.51. The van der Waals surface area contributed by atoms with Crippen LogP contribution in [0.1, 0.15) is 32.1 Å². The van der Waals surface area contributed by atoms with Crippen LogP contribution in [0.2, 0.25) is 0 Å². The first-order chi connectivity index (χ1) is 8.35. The largest absolute Gasteiger partial charge is 0.469 e. The Morgan fingerprint density at radius 2 is 2.22 bits per heavy atom. The number of allylic oxidation sites excluding steroid dienone is 1. The first-order valence-electron chi connectivity index (χ1n) is 5.93. The summed E-state index contributed by atoms with van der Waals surface area (Å²) in [5, 5.41) is 0. The Morgan fingerprint density at radius 1 is 1.56 bits per heavy atom. The second kappa shape index (κ2) is 5.84. The van der Waals surface area contributed by atoms with Crippen molar-refractivity contribution in [2.45, 2.75) is 38.2 Å². The minimum Gasteiger partial charge on any atom is -0.469 e. The van der Waals surface area contributed by atoms with Crippen LogP contribution >= 0.6 is 0 Å². The van der Waals surface area contributed by atoms with Gasteiger partial charge in [-0.05, 0) is 32.1 Å². The Labute approximate surface area is 108 Å². The predicted molar refractivity (Wildman–Crippen MR) is 67.4 cm³/mol. The monoisotopic (exact) mass is 276 g/mol. The zero-order valence-corrected chi connectivity index (χ0v) is 11.7. The van der Waals surface area contributed by atoms with Crippen molar-refractivity contribution >= 4 is 16.1 Å². The van der Waals surface area contributed by atoms with Gasteiger partial charge in [0.05, 0.1) is 24.9 Å². The Morgan fingerprint density at radius 3 is 2.72 bits per heavy atom. The van der Waals surface area contributed by atoms with Gasteiger partial charge in [0, 0.05) is 0 Å². The van der Waals surface area contributed by atoms with Crippen molar-refractivity contribution in [2.24, 2.45) is 5.41 Å². The highest BCUT2D eigenvalue weighted by Crippen LogP contribution is 2.45. The van der Waals surface area contributed by atoms with Crippen LogP contribution in [0.4, 0.5) is 0 Å². The van der Waals surface area contributed by atoms with Gasteiger partial charge in [-0.1, -0.05) is 6.08 Å². The van der Waals surface area contributed by atoms with Crippen LogP contribution < -0.4 is 0 Å². The molecule has 18 heavy (non-hydrogen) atoms. The predicted octanol–water partition coefficient (Wildman–Crippen LogP) is 1.64. The molecule has 0 aromatic heterocycles. The van der Waals surface area contributed by atoms with Gasteiger partial charge in [0.2, 0.25) is 0 Å². The van der Waals surface area contributed by atoms with Crippen molar-refractivity contribution in [3.05, 3.63) is 12.7 Å². The molecule has 0 radical (unpaired) electrons. The maximum absolute atomic E-state index is 12.0. The van der Waals surface area contributed by atoms with Gasteiger partial charge >= 0.3 is 5.97 Å². The van der Waals surface area contributed by atoms with Crippen molar-refractivity contribution in [1.82, 2.24) is 0 Å². The normalized spacial score (nSPS) is 28.0. The molecular formula is C12H20O5S. The number of ether oxygens (including phenoxy) is 1. The van der Waals surface area contributed by atoms with E-state index in [1.54, 1.807) is 6.08 Å². The number of carbonyl (C=O) groups is 1. The SMILES string of the molecule is C=CCC[C@@]1(C(=O)OC)CCC[C@H]1OS(C)(=O)=O.